The molecule has 2 heterocycles. The molecule has 1 amide bonds. The quantitative estimate of drug-likeness (QED) is 0.290. The molecule has 0 bridgehead atoms. The van der Waals surface area contributed by atoms with Gasteiger partial charge in [0.15, 0.2) is 5.16 Å². The van der Waals surface area contributed by atoms with E-state index in [4.69, 9.17) is 16.3 Å². The van der Waals surface area contributed by atoms with E-state index in [1.807, 2.05) is 36.4 Å². The molecule has 9 heteroatoms. The third kappa shape index (κ3) is 4.53. The monoisotopic (exact) mass is 485 g/mol. The fourth-order valence-electron chi connectivity index (χ4n) is 3.12. The summed E-state index contributed by atoms with van der Waals surface area (Å²) in [7, 11) is 3.19. The molecule has 0 spiro atoms. The molecule has 0 aliphatic carbocycles. The zero-order valence-electron chi connectivity index (χ0n) is 17.6. The number of anilines is 1. The molecule has 2 aromatic heterocycles. The highest BCUT2D eigenvalue weighted by Gasteiger charge is 2.21. The number of rotatable bonds is 6. The molecule has 4 aromatic rings. The highest BCUT2D eigenvalue weighted by Crippen LogP contribution is 2.33. The number of nitrogens with one attached hydrogen (secondary N) is 1. The van der Waals surface area contributed by atoms with Gasteiger partial charge in [-0.3, -0.25) is 14.2 Å². The number of amides is 1. The average molecular weight is 486 g/mol. The molecule has 164 valence electrons. The molecule has 0 saturated carbocycles. The lowest BCUT2D eigenvalue weighted by Gasteiger charge is -2.15. The summed E-state index contributed by atoms with van der Waals surface area (Å²) in [5.41, 5.74) is 1.38. The van der Waals surface area contributed by atoms with E-state index in [0.29, 0.717) is 31.8 Å². The van der Waals surface area contributed by atoms with E-state index < -0.39 is 5.25 Å². The fraction of sp³-hybridized carbons (Fsp3) is 0.174. The van der Waals surface area contributed by atoms with Crippen LogP contribution in [0.5, 0.6) is 5.75 Å². The summed E-state index contributed by atoms with van der Waals surface area (Å²) in [4.78, 5) is 32.1. The summed E-state index contributed by atoms with van der Waals surface area (Å²) in [6.07, 6.45) is 0. The number of ether oxygens (including phenoxy) is 1. The Hall–Kier alpha value is -2.81. The number of thioether (sulfide) groups is 1. The first-order chi connectivity index (χ1) is 15.4. The number of methoxy groups -OCH3 is 1. The molecule has 1 atom stereocenters. The van der Waals surface area contributed by atoms with Gasteiger partial charge >= 0.3 is 0 Å². The van der Waals surface area contributed by atoms with E-state index in [-0.39, 0.29) is 11.5 Å². The maximum absolute atomic E-state index is 12.9. The van der Waals surface area contributed by atoms with Crippen molar-refractivity contribution in [2.75, 3.05) is 12.4 Å². The molecule has 1 N–H and O–H groups in total. The molecule has 0 aliphatic heterocycles. The van der Waals surface area contributed by atoms with Crippen molar-refractivity contribution < 1.29 is 9.53 Å². The van der Waals surface area contributed by atoms with Crippen molar-refractivity contribution in [2.24, 2.45) is 7.05 Å². The van der Waals surface area contributed by atoms with E-state index in [9.17, 15) is 9.59 Å². The van der Waals surface area contributed by atoms with Gasteiger partial charge in [-0.1, -0.05) is 53.7 Å². The van der Waals surface area contributed by atoms with Crippen LogP contribution in [0.3, 0.4) is 0 Å². The van der Waals surface area contributed by atoms with Crippen LogP contribution in [-0.2, 0) is 11.8 Å². The van der Waals surface area contributed by atoms with Crippen molar-refractivity contribution in [3.8, 4) is 16.2 Å². The number of halogens is 1. The van der Waals surface area contributed by atoms with Gasteiger partial charge in [0.2, 0.25) is 5.91 Å². The van der Waals surface area contributed by atoms with Gasteiger partial charge in [0, 0.05) is 16.9 Å². The summed E-state index contributed by atoms with van der Waals surface area (Å²) in [5, 5.41) is 3.86. The number of hydrogen-bond acceptors (Lipinski definition) is 6. The molecular weight excluding hydrogens is 466 g/mol. The van der Waals surface area contributed by atoms with Gasteiger partial charge < -0.3 is 10.1 Å². The number of carbonyl (C=O) groups excluding carboxylic acids is 1. The van der Waals surface area contributed by atoms with Crippen molar-refractivity contribution in [3.63, 3.8) is 0 Å². The Kier molecular flexibility index (Phi) is 6.55. The summed E-state index contributed by atoms with van der Waals surface area (Å²) < 4.78 is 6.77. The maximum Gasteiger partial charge on any atom is 0.262 e. The lowest BCUT2D eigenvalue weighted by atomic mass is 10.2. The van der Waals surface area contributed by atoms with Crippen LogP contribution in [0.1, 0.15) is 6.92 Å². The number of aromatic nitrogens is 2. The van der Waals surface area contributed by atoms with Crippen LogP contribution in [0.25, 0.3) is 20.7 Å². The van der Waals surface area contributed by atoms with Gasteiger partial charge in [-0.25, -0.2) is 4.98 Å². The number of nitrogens with zero attached hydrogens (tertiary/aromatic N) is 2. The predicted octanol–water partition coefficient (Wildman–Crippen LogP) is 5.44. The van der Waals surface area contributed by atoms with E-state index >= 15 is 0 Å². The number of carbonyl (C=O) groups is 1. The molecule has 1 unspecified atom stereocenters. The maximum atomic E-state index is 12.9. The summed E-state index contributed by atoms with van der Waals surface area (Å²) in [5.74, 6) is 0.264. The fourth-order valence-corrected chi connectivity index (χ4v) is 5.25. The van der Waals surface area contributed by atoms with E-state index in [1.165, 1.54) is 34.8 Å². The van der Waals surface area contributed by atoms with Crippen LogP contribution in [0, 0.1) is 0 Å². The summed E-state index contributed by atoms with van der Waals surface area (Å²) in [6.45, 7) is 1.76. The van der Waals surface area contributed by atoms with Crippen molar-refractivity contribution in [1.82, 2.24) is 9.55 Å². The van der Waals surface area contributed by atoms with Crippen molar-refractivity contribution in [1.29, 1.82) is 0 Å². The average Bonchev–Trinajstić information content (AvgIpc) is 3.22. The zero-order valence-corrected chi connectivity index (χ0v) is 20.0. The Morgan fingerprint density at radius 1 is 1.22 bits per heavy atom. The van der Waals surface area contributed by atoms with Gasteiger partial charge in [0.25, 0.3) is 5.56 Å². The van der Waals surface area contributed by atoms with Gasteiger partial charge in [-0.05, 0) is 36.8 Å². The van der Waals surface area contributed by atoms with Crippen molar-refractivity contribution in [2.45, 2.75) is 17.3 Å². The van der Waals surface area contributed by atoms with Crippen LogP contribution in [0.4, 0.5) is 5.69 Å². The Labute approximate surface area is 198 Å². The molecule has 0 radical (unpaired) electrons. The molecule has 4 rings (SSSR count). The minimum Gasteiger partial charge on any atom is -0.495 e. The van der Waals surface area contributed by atoms with Gasteiger partial charge in [0.1, 0.15) is 10.6 Å². The topological polar surface area (TPSA) is 73.2 Å². The smallest absolute Gasteiger partial charge is 0.262 e. The summed E-state index contributed by atoms with van der Waals surface area (Å²) in [6, 6.07) is 16.8. The lowest BCUT2D eigenvalue weighted by molar-refractivity contribution is -0.115. The first kappa shape index (κ1) is 22.4. The van der Waals surface area contributed by atoms with Crippen LogP contribution in [-0.4, -0.2) is 27.8 Å². The van der Waals surface area contributed by atoms with E-state index in [0.717, 1.165) is 10.4 Å². The normalized spacial score (nSPS) is 12.0. The van der Waals surface area contributed by atoms with Crippen LogP contribution >= 0.6 is 34.7 Å². The second-order valence-corrected chi connectivity index (χ2v) is 9.82. The molecule has 0 saturated heterocycles. The number of hydrogen-bond donors (Lipinski definition) is 1. The van der Waals surface area contributed by atoms with E-state index in [1.54, 1.807) is 32.2 Å². The lowest BCUT2D eigenvalue weighted by Crippen LogP contribution is -2.25. The largest absolute Gasteiger partial charge is 0.495 e. The molecule has 0 aliphatic rings. The first-order valence-electron chi connectivity index (χ1n) is 9.74. The third-order valence-corrected chi connectivity index (χ3v) is 7.32. The first-order valence-corrected chi connectivity index (χ1v) is 11.8. The Balaban J connectivity index is 1.59. The van der Waals surface area contributed by atoms with Gasteiger partial charge in [0.05, 0.1) is 23.4 Å². The number of thiophene rings is 1. The standard InChI is InChI=1S/C23H20ClN3O3S2/c1-13(20(28)25-17-11-15(24)9-10-18(17)30-3)31-23-26-21-16(22(29)27(23)2)12-19(32-21)14-7-5-4-6-8-14/h4-13H,1-3H3,(H,25,28). The van der Waals surface area contributed by atoms with Crippen LogP contribution in [0.15, 0.2) is 64.5 Å². The predicted molar refractivity (Wildman–Crippen MR) is 132 cm³/mol. The van der Waals surface area contributed by atoms with Crippen LogP contribution in [0.2, 0.25) is 5.02 Å². The van der Waals surface area contributed by atoms with Crippen molar-refractivity contribution in [3.05, 3.63) is 70.0 Å². The minimum atomic E-state index is -0.511. The van der Waals surface area contributed by atoms with Crippen molar-refractivity contribution >= 4 is 56.5 Å². The molecule has 2 aromatic carbocycles. The third-order valence-electron chi connectivity index (χ3n) is 4.86. The SMILES string of the molecule is COc1ccc(Cl)cc1NC(=O)C(C)Sc1nc2sc(-c3ccccc3)cc2c(=O)n1C. The number of fused-ring (bicyclic) bond motifs is 1. The van der Waals surface area contributed by atoms with Gasteiger partial charge in [-0.15, -0.1) is 11.3 Å². The van der Waals surface area contributed by atoms with Gasteiger partial charge in [-0.2, -0.15) is 0 Å². The molecular formula is C23H20ClN3O3S2. The Bertz CT molecular complexity index is 1350. The second kappa shape index (κ2) is 9.36. The Morgan fingerprint density at radius 2 is 1.97 bits per heavy atom. The number of benzene rings is 2. The zero-order chi connectivity index (χ0) is 22.8. The van der Waals surface area contributed by atoms with E-state index in [2.05, 4.69) is 10.3 Å². The van der Waals surface area contributed by atoms with Crippen LogP contribution < -0.4 is 15.6 Å². The summed E-state index contributed by atoms with van der Waals surface area (Å²) >= 11 is 8.73. The highest BCUT2D eigenvalue weighted by molar-refractivity contribution is 8.00. The molecule has 0 fully saturated rings. The second-order valence-electron chi connectivity index (χ2n) is 7.05. The highest BCUT2D eigenvalue weighted by atomic mass is 35.5. The molecule has 32 heavy (non-hydrogen) atoms. The minimum absolute atomic E-state index is 0.139. The molecule has 6 nitrogen and oxygen atoms in total. The Morgan fingerprint density at radius 3 is 2.69 bits per heavy atom.